The lowest BCUT2D eigenvalue weighted by Gasteiger charge is -2.10. The lowest BCUT2D eigenvalue weighted by atomic mass is 10.1. The summed E-state index contributed by atoms with van der Waals surface area (Å²) >= 11 is 6.10. The highest BCUT2D eigenvalue weighted by Gasteiger charge is 2.09. The zero-order valence-electron chi connectivity index (χ0n) is 14.0. The molecule has 0 radical (unpaired) electrons. The Balaban J connectivity index is 1.74. The number of methoxy groups -OCH3 is 1. The van der Waals surface area contributed by atoms with E-state index in [1.807, 2.05) is 30.3 Å². The molecule has 0 saturated carbocycles. The van der Waals surface area contributed by atoms with Gasteiger partial charge in [0.1, 0.15) is 0 Å². The highest BCUT2D eigenvalue weighted by Crippen LogP contribution is 2.23. The van der Waals surface area contributed by atoms with Crippen molar-refractivity contribution in [3.63, 3.8) is 0 Å². The SMILES string of the molecule is COC(=O)c1ccc(Cl)c(NCCC(=O)NCCc2ccccc2)c1. The van der Waals surface area contributed by atoms with Crippen molar-refractivity contribution in [1.82, 2.24) is 5.32 Å². The largest absolute Gasteiger partial charge is 0.465 e. The van der Waals surface area contributed by atoms with Crippen LogP contribution in [0, 0.1) is 0 Å². The molecule has 0 aliphatic heterocycles. The monoisotopic (exact) mass is 360 g/mol. The fourth-order valence-electron chi connectivity index (χ4n) is 2.30. The summed E-state index contributed by atoms with van der Waals surface area (Å²) in [5.41, 5.74) is 2.19. The minimum atomic E-state index is -0.432. The molecule has 0 spiro atoms. The third-order valence-electron chi connectivity index (χ3n) is 3.63. The van der Waals surface area contributed by atoms with E-state index in [4.69, 9.17) is 11.6 Å². The quantitative estimate of drug-likeness (QED) is 0.709. The molecule has 0 saturated heterocycles. The summed E-state index contributed by atoms with van der Waals surface area (Å²) < 4.78 is 4.68. The van der Waals surface area contributed by atoms with Gasteiger partial charge in [0, 0.05) is 19.5 Å². The number of nitrogens with one attached hydrogen (secondary N) is 2. The molecule has 2 N–H and O–H groups in total. The molecule has 132 valence electrons. The molecule has 6 heteroatoms. The number of carbonyl (C=O) groups excluding carboxylic acids is 2. The molecule has 25 heavy (non-hydrogen) atoms. The molecular weight excluding hydrogens is 340 g/mol. The molecule has 0 unspecified atom stereocenters. The second-order valence-corrected chi connectivity index (χ2v) is 5.86. The summed E-state index contributed by atoms with van der Waals surface area (Å²) in [6.45, 7) is 1.02. The Kier molecular flexibility index (Phi) is 7.29. The minimum absolute atomic E-state index is 0.0383. The van der Waals surface area contributed by atoms with Crippen molar-refractivity contribution >= 4 is 29.2 Å². The van der Waals surface area contributed by atoms with Crippen LogP contribution in [0.2, 0.25) is 5.02 Å². The van der Waals surface area contributed by atoms with Gasteiger partial charge in [0.15, 0.2) is 0 Å². The summed E-state index contributed by atoms with van der Waals surface area (Å²) in [5.74, 6) is -0.470. The summed E-state index contributed by atoms with van der Waals surface area (Å²) in [6, 6.07) is 14.8. The van der Waals surface area contributed by atoms with Crippen LogP contribution in [-0.2, 0) is 16.0 Å². The summed E-state index contributed by atoms with van der Waals surface area (Å²) in [5, 5.41) is 6.44. The Labute approximate surface area is 152 Å². The van der Waals surface area contributed by atoms with Crippen molar-refractivity contribution in [3.05, 3.63) is 64.7 Å². The number of carbonyl (C=O) groups is 2. The normalized spacial score (nSPS) is 10.2. The number of rotatable bonds is 8. The summed E-state index contributed by atoms with van der Waals surface area (Å²) in [6.07, 6.45) is 1.11. The second kappa shape index (κ2) is 9.69. The van der Waals surface area contributed by atoms with E-state index in [0.29, 0.717) is 35.8 Å². The van der Waals surface area contributed by atoms with Gasteiger partial charge in [-0.05, 0) is 30.2 Å². The van der Waals surface area contributed by atoms with Gasteiger partial charge in [0.2, 0.25) is 5.91 Å². The molecule has 0 fully saturated rings. The Morgan fingerprint density at radius 1 is 1.08 bits per heavy atom. The van der Waals surface area contributed by atoms with Crippen LogP contribution in [-0.4, -0.2) is 32.1 Å². The zero-order chi connectivity index (χ0) is 18.1. The van der Waals surface area contributed by atoms with Gasteiger partial charge in [-0.2, -0.15) is 0 Å². The first-order valence-electron chi connectivity index (χ1n) is 8.02. The maximum absolute atomic E-state index is 11.9. The molecule has 2 aromatic carbocycles. The number of halogens is 1. The molecule has 2 rings (SSSR count). The van der Waals surface area contributed by atoms with Gasteiger partial charge in [-0.3, -0.25) is 4.79 Å². The smallest absolute Gasteiger partial charge is 0.337 e. The van der Waals surface area contributed by atoms with Gasteiger partial charge >= 0.3 is 5.97 Å². The molecule has 1 amide bonds. The zero-order valence-corrected chi connectivity index (χ0v) is 14.8. The highest BCUT2D eigenvalue weighted by molar-refractivity contribution is 6.33. The van der Waals surface area contributed by atoms with E-state index < -0.39 is 5.97 Å². The number of amides is 1. The van der Waals surface area contributed by atoms with Gasteiger partial charge < -0.3 is 15.4 Å². The second-order valence-electron chi connectivity index (χ2n) is 5.45. The van der Waals surface area contributed by atoms with E-state index in [1.54, 1.807) is 18.2 Å². The van der Waals surface area contributed by atoms with Crippen molar-refractivity contribution in [2.75, 3.05) is 25.5 Å². The molecule has 0 aliphatic rings. The van der Waals surface area contributed by atoms with E-state index in [0.717, 1.165) is 6.42 Å². The number of hydrogen-bond donors (Lipinski definition) is 2. The molecule has 0 aliphatic carbocycles. The van der Waals surface area contributed by atoms with E-state index in [1.165, 1.54) is 12.7 Å². The van der Waals surface area contributed by atoms with Gasteiger partial charge in [0.25, 0.3) is 0 Å². The number of hydrogen-bond acceptors (Lipinski definition) is 4. The van der Waals surface area contributed by atoms with Crippen LogP contribution in [0.25, 0.3) is 0 Å². The lowest BCUT2D eigenvalue weighted by molar-refractivity contribution is -0.120. The van der Waals surface area contributed by atoms with Gasteiger partial charge in [-0.15, -0.1) is 0 Å². The van der Waals surface area contributed by atoms with Gasteiger partial charge in [-0.25, -0.2) is 4.79 Å². The average Bonchev–Trinajstić information content (AvgIpc) is 2.63. The number of benzene rings is 2. The Morgan fingerprint density at radius 3 is 2.56 bits per heavy atom. The molecule has 2 aromatic rings. The van der Waals surface area contributed by atoms with Crippen molar-refractivity contribution in [2.24, 2.45) is 0 Å². The summed E-state index contributed by atoms with van der Waals surface area (Å²) in [4.78, 5) is 23.4. The lowest BCUT2D eigenvalue weighted by Crippen LogP contribution is -2.27. The van der Waals surface area contributed by atoms with Crippen LogP contribution < -0.4 is 10.6 Å². The van der Waals surface area contributed by atoms with Gasteiger partial charge in [-0.1, -0.05) is 41.9 Å². The molecule has 0 bridgehead atoms. The average molecular weight is 361 g/mol. The van der Waals surface area contributed by atoms with Gasteiger partial charge in [0.05, 0.1) is 23.4 Å². The van der Waals surface area contributed by atoms with Crippen LogP contribution in [0.15, 0.2) is 48.5 Å². The number of esters is 1. The maximum atomic E-state index is 11.9. The first-order valence-corrected chi connectivity index (χ1v) is 8.40. The van der Waals surface area contributed by atoms with E-state index in [9.17, 15) is 9.59 Å². The first-order chi connectivity index (χ1) is 12.1. The fourth-order valence-corrected chi connectivity index (χ4v) is 2.48. The minimum Gasteiger partial charge on any atom is -0.465 e. The Morgan fingerprint density at radius 2 is 1.84 bits per heavy atom. The molecule has 0 atom stereocenters. The van der Waals surface area contributed by atoms with Crippen LogP contribution >= 0.6 is 11.6 Å². The van der Waals surface area contributed by atoms with Crippen LogP contribution in [0.5, 0.6) is 0 Å². The van der Waals surface area contributed by atoms with Crippen molar-refractivity contribution < 1.29 is 14.3 Å². The molecule has 5 nitrogen and oxygen atoms in total. The van der Waals surface area contributed by atoms with Crippen LogP contribution in [0.3, 0.4) is 0 Å². The molecule has 0 heterocycles. The van der Waals surface area contributed by atoms with E-state index >= 15 is 0 Å². The van der Waals surface area contributed by atoms with E-state index in [-0.39, 0.29) is 5.91 Å². The fraction of sp³-hybridized carbons (Fsp3) is 0.263. The topological polar surface area (TPSA) is 67.4 Å². The van der Waals surface area contributed by atoms with Crippen LogP contribution in [0.1, 0.15) is 22.3 Å². The predicted molar refractivity (Wildman–Crippen MR) is 99.1 cm³/mol. The van der Waals surface area contributed by atoms with Crippen LogP contribution in [0.4, 0.5) is 5.69 Å². The van der Waals surface area contributed by atoms with E-state index in [2.05, 4.69) is 15.4 Å². The third-order valence-corrected chi connectivity index (χ3v) is 3.96. The Hall–Kier alpha value is -2.53. The highest BCUT2D eigenvalue weighted by atomic mass is 35.5. The molecular formula is C19H21ClN2O3. The predicted octanol–water partition coefficient (Wildman–Crippen LogP) is 3.29. The number of ether oxygens (including phenoxy) is 1. The number of anilines is 1. The first kappa shape index (κ1) is 18.8. The maximum Gasteiger partial charge on any atom is 0.337 e. The third kappa shape index (κ3) is 6.12. The Bertz CT molecular complexity index is 720. The summed E-state index contributed by atoms with van der Waals surface area (Å²) in [7, 11) is 1.32. The van der Waals surface area contributed by atoms with Crippen molar-refractivity contribution in [1.29, 1.82) is 0 Å². The van der Waals surface area contributed by atoms with Crippen molar-refractivity contribution in [3.8, 4) is 0 Å². The molecule has 0 aromatic heterocycles. The standard InChI is InChI=1S/C19H21ClN2O3/c1-25-19(24)15-7-8-16(20)17(13-15)21-12-10-18(23)22-11-9-14-5-3-2-4-6-14/h2-8,13,21H,9-12H2,1H3,(H,22,23). The van der Waals surface area contributed by atoms with Crippen molar-refractivity contribution in [2.45, 2.75) is 12.8 Å².